The maximum atomic E-state index is 2.41. The van der Waals surface area contributed by atoms with Crippen LogP contribution in [0.4, 0.5) is 0 Å². The lowest BCUT2D eigenvalue weighted by molar-refractivity contribution is 0.666. The number of rotatable bonds is 3. The summed E-state index contributed by atoms with van der Waals surface area (Å²) >= 11 is 0. The third-order valence-corrected chi connectivity index (χ3v) is 13.0. The van der Waals surface area contributed by atoms with E-state index in [2.05, 4.69) is 208 Å². The zero-order valence-corrected chi connectivity index (χ0v) is 32.0. The third-order valence-electron chi connectivity index (χ3n) is 13.0. The monoisotopic (exact) mass is 722 g/mol. The van der Waals surface area contributed by atoms with Crippen LogP contribution in [0.3, 0.4) is 0 Å². The molecule has 0 heterocycles. The molecule has 12 rings (SSSR count). The first-order valence-corrected chi connectivity index (χ1v) is 20.1. The average Bonchev–Trinajstić information content (AvgIpc) is 3.52. The van der Waals surface area contributed by atoms with Gasteiger partial charge in [-0.2, -0.15) is 0 Å². The maximum Gasteiger partial charge on any atom is 0.0165 e. The second kappa shape index (κ2) is 12.0. The lowest BCUT2D eigenvalue weighted by Crippen LogP contribution is -2.15. The largest absolute Gasteiger partial charge is 0.0616 e. The van der Waals surface area contributed by atoms with E-state index in [1.165, 1.54) is 120 Å². The minimum absolute atomic E-state index is 0.138. The van der Waals surface area contributed by atoms with Crippen molar-refractivity contribution < 1.29 is 0 Å². The summed E-state index contributed by atoms with van der Waals surface area (Å²) in [6.45, 7) is 4.82. The lowest BCUT2D eigenvalue weighted by atomic mass is 9.79. The zero-order chi connectivity index (χ0) is 37.8. The molecule has 0 aromatic heterocycles. The van der Waals surface area contributed by atoms with Crippen molar-refractivity contribution in [2.75, 3.05) is 0 Å². The molecule has 266 valence electrons. The minimum atomic E-state index is -0.138. The molecule has 0 unspecified atom stereocenters. The Bertz CT molecular complexity index is 3410. The molecule has 1 aliphatic rings. The normalized spacial score (nSPS) is 13.2. The number of hydrogen-bond acceptors (Lipinski definition) is 0. The van der Waals surface area contributed by atoms with Crippen LogP contribution in [0, 0.1) is 0 Å². The van der Waals surface area contributed by atoms with Gasteiger partial charge in [0.2, 0.25) is 0 Å². The number of benzene rings is 11. The van der Waals surface area contributed by atoms with Gasteiger partial charge in [0.05, 0.1) is 0 Å². The van der Waals surface area contributed by atoms with Gasteiger partial charge < -0.3 is 0 Å². The molecule has 0 spiro atoms. The van der Waals surface area contributed by atoms with Crippen LogP contribution in [0.15, 0.2) is 194 Å². The van der Waals surface area contributed by atoms with Crippen LogP contribution in [0.1, 0.15) is 25.0 Å². The maximum absolute atomic E-state index is 2.41. The third kappa shape index (κ3) is 4.50. The van der Waals surface area contributed by atoms with Crippen molar-refractivity contribution in [3.63, 3.8) is 0 Å². The van der Waals surface area contributed by atoms with E-state index in [9.17, 15) is 0 Å². The van der Waals surface area contributed by atoms with E-state index < -0.39 is 0 Å². The molecule has 0 fully saturated rings. The highest BCUT2D eigenvalue weighted by molar-refractivity contribution is 6.25. The SMILES string of the molecule is CC1(C)c2cccc(-c3ccc(-c4c5ccccc5c(-c5cccc6c5ccc5ccccc56)c5ccccc45)cc3)c2-c2c1c1ccccc1c1ccccc21. The van der Waals surface area contributed by atoms with Gasteiger partial charge in [-0.1, -0.05) is 208 Å². The summed E-state index contributed by atoms with van der Waals surface area (Å²) in [5, 5.41) is 15.6. The smallest absolute Gasteiger partial charge is 0.0165 e. The van der Waals surface area contributed by atoms with Gasteiger partial charge in [-0.25, -0.2) is 0 Å². The topological polar surface area (TPSA) is 0 Å². The van der Waals surface area contributed by atoms with Gasteiger partial charge >= 0.3 is 0 Å². The molecule has 0 amide bonds. The van der Waals surface area contributed by atoms with Gasteiger partial charge in [-0.15, -0.1) is 0 Å². The van der Waals surface area contributed by atoms with Crippen LogP contribution in [-0.2, 0) is 5.41 Å². The Balaban J connectivity index is 1.07. The molecule has 0 bridgehead atoms. The van der Waals surface area contributed by atoms with Crippen LogP contribution in [0.5, 0.6) is 0 Å². The van der Waals surface area contributed by atoms with E-state index in [4.69, 9.17) is 0 Å². The Hall–Kier alpha value is -7.02. The van der Waals surface area contributed by atoms with E-state index in [1.54, 1.807) is 0 Å². The van der Waals surface area contributed by atoms with Crippen molar-refractivity contribution in [1.29, 1.82) is 0 Å². The molecule has 0 radical (unpaired) electrons. The predicted molar refractivity (Wildman–Crippen MR) is 245 cm³/mol. The van der Waals surface area contributed by atoms with E-state index in [0.717, 1.165) is 0 Å². The molecule has 0 saturated heterocycles. The Morgan fingerprint density at radius 3 is 1.39 bits per heavy atom. The molecule has 1 aliphatic carbocycles. The second-order valence-electron chi connectivity index (χ2n) is 16.3. The average molecular weight is 723 g/mol. The first kappa shape index (κ1) is 32.2. The van der Waals surface area contributed by atoms with Gasteiger partial charge in [0, 0.05) is 5.41 Å². The van der Waals surface area contributed by atoms with E-state index in [1.807, 2.05) is 0 Å². The van der Waals surface area contributed by atoms with Gasteiger partial charge in [0.25, 0.3) is 0 Å². The fourth-order valence-electron chi connectivity index (χ4n) is 10.6. The van der Waals surface area contributed by atoms with Crippen LogP contribution >= 0.6 is 0 Å². The van der Waals surface area contributed by atoms with Gasteiger partial charge in [0.1, 0.15) is 0 Å². The summed E-state index contributed by atoms with van der Waals surface area (Å²) in [6, 6.07) is 72.5. The molecule has 11 aromatic rings. The van der Waals surface area contributed by atoms with E-state index in [-0.39, 0.29) is 5.41 Å². The van der Waals surface area contributed by atoms with Crippen LogP contribution in [0.2, 0.25) is 0 Å². The fourth-order valence-corrected chi connectivity index (χ4v) is 10.6. The molecule has 0 nitrogen and oxygen atoms in total. The number of fused-ring (bicyclic) bond motifs is 13. The van der Waals surface area contributed by atoms with Crippen molar-refractivity contribution in [2.45, 2.75) is 19.3 Å². The molecule has 0 aliphatic heterocycles. The molecular weight excluding hydrogens is 685 g/mol. The van der Waals surface area contributed by atoms with Crippen molar-refractivity contribution in [3.05, 3.63) is 205 Å². The predicted octanol–water partition coefficient (Wildman–Crippen LogP) is 15.9. The summed E-state index contributed by atoms with van der Waals surface area (Å²) in [5.41, 5.74) is 13.1. The second-order valence-corrected chi connectivity index (χ2v) is 16.3. The summed E-state index contributed by atoms with van der Waals surface area (Å²) in [7, 11) is 0. The minimum Gasteiger partial charge on any atom is -0.0616 e. The van der Waals surface area contributed by atoms with E-state index >= 15 is 0 Å². The molecule has 11 aromatic carbocycles. The summed E-state index contributed by atoms with van der Waals surface area (Å²) in [4.78, 5) is 0. The Morgan fingerprint density at radius 1 is 0.263 bits per heavy atom. The van der Waals surface area contributed by atoms with Crippen molar-refractivity contribution in [1.82, 2.24) is 0 Å². The Labute approximate surface area is 332 Å². The highest BCUT2D eigenvalue weighted by Gasteiger charge is 2.39. The number of hydrogen-bond donors (Lipinski definition) is 0. The van der Waals surface area contributed by atoms with Crippen LogP contribution < -0.4 is 0 Å². The van der Waals surface area contributed by atoms with Gasteiger partial charge in [0.15, 0.2) is 0 Å². The molecule has 0 atom stereocenters. The Kier molecular flexibility index (Phi) is 6.78. The molecule has 0 heteroatoms. The fraction of sp³-hybridized carbons (Fsp3) is 0.0526. The first-order valence-electron chi connectivity index (χ1n) is 20.1. The quantitative estimate of drug-likeness (QED) is 0.126. The standard InChI is InChI=1S/C57H38/c1-57(2)51-28-14-25-39(54(51)55-45-19-7-5-17-41(45)42-18-6-12-24-50(42)56(55)57)36-29-31-37(32-30-36)52-46-20-8-10-22-48(46)53(49-23-11-9-21-47(49)52)44-27-13-26-40-38-16-4-3-15-35(38)33-34-43(40)44/h3-34H,1-2H3. The molecular formula is C57H38. The van der Waals surface area contributed by atoms with Crippen LogP contribution in [-0.4, -0.2) is 0 Å². The van der Waals surface area contributed by atoms with Crippen molar-refractivity contribution in [3.8, 4) is 44.5 Å². The summed E-state index contributed by atoms with van der Waals surface area (Å²) < 4.78 is 0. The van der Waals surface area contributed by atoms with Crippen molar-refractivity contribution >= 4 is 64.6 Å². The Morgan fingerprint density at radius 2 is 0.719 bits per heavy atom. The zero-order valence-electron chi connectivity index (χ0n) is 32.0. The van der Waals surface area contributed by atoms with Gasteiger partial charge in [-0.05, 0) is 120 Å². The molecule has 0 saturated carbocycles. The van der Waals surface area contributed by atoms with E-state index in [0.29, 0.717) is 0 Å². The van der Waals surface area contributed by atoms with Crippen LogP contribution in [0.25, 0.3) is 109 Å². The van der Waals surface area contributed by atoms with Gasteiger partial charge in [-0.3, -0.25) is 0 Å². The molecule has 57 heavy (non-hydrogen) atoms. The highest BCUT2D eigenvalue weighted by Crippen LogP contribution is 2.57. The summed E-state index contributed by atoms with van der Waals surface area (Å²) in [5.74, 6) is 0. The summed E-state index contributed by atoms with van der Waals surface area (Å²) in [6.07, 6.45) is 0. The first-order chi connectivity index (χ1) is 28.1. The lowest BCUT2D eigenvalue weighted by Gasteiger charge is -2.24. The highest BCUT2D eigenvalue weighted by atomic mass is 14.4. The molecule has 0 N–H and O–H groups in total. The van der Waals surface area contributed by atoms with Crippen molar-refractivity contribution in [2.24, 2.45) is 0 Å².